The molecule has 1 saturated heterocycles. The van der Waals surface area contributed by atoms with Gasteiger partial charge < -0.3 is 24.4 Å². The highest BCUT2D eigenvalue weighted by Crippen LogP contribution is 2.23. The van der Waals surface area contributed by atoms with Crippen molar-refractivity contribution in [3.8, 4) is 0 Å². The number of carbonyl (C=O) groups excluding carboxylic acids is 3. The number of ether oxygens (including phenoxy) is 2. The van der Waals surface area contributed by atoms with Gasteiger partial charge in [-0.25, -0.2) is 4.79 Å². The second kappa shape index (κ2) is 19.0. The molecule has 208 valence electrons. The van der Waals surface area contributed by atoms with Gasteiger partial charge >= 0.3 is 17.9 Å². The second-order valence-corrected chi connectivity index (χ2v) is 10.1. The van der Waals surface area contributed by atoms with Gasteiger partial charge in [0.2, 0.25) is 5.91 Å². The second-order valence-electron chi connectivity index (χ2n) is 10.1. The summed E-state index contributed by atoms with van der Waals surface area (Å²) < 4.78 is 10.7. The smallest absolute Gasteiger partial charge is 0.326 e. The van der Waals surface area contributed by atoms with Gasteiger partial charge in [0.1, 0.15) is 12.1 Å². The van der Waals surface area contributed by atoms with Crippen molar-refractivity contribution in [3.63, 3.8) is 0 Å². The van der Waals surface area contributed by atoms with E-state index >= 15 is 0 Å². The van der Waals surface area contributed by atoms with Crippen LogP contribution in [0.5, 0.6) is 0 Å². The average Bonchev–Trinajstić information content (AvgIpc) is 3.25. The van der Waals surface area contributed by atoms with Crippen LogP contribution in [0.1, 0.15) is 103 Å². The summed E-state index contributed by atoms with van der Waals surface area (Å²) >= 11 is 0. The van der Waals surface area contributed by atoms with E-state index < -0.39 is 24.1 Å². The predicted molar refractivity (Wildman–Crippen MR) is 137 cm³/mol. The number of unbranched alkanes of at least 4 members (excludes halogenated alkanes) is 9. The molecule has 9 nitrogen and oxygen atoms in total. The van der Waals surface area contributed by atoms with E-state index in [0.29, 0.717) is 26.0 Å². The van der Waals surface area contributed by atoms with Crippen molar-refractivity contribution < 1.29 is 33.8 Å². The van der Waals surface area contributed by atoms with Gasteiger partial charge in [0.05, 0.1) is 19.6 Å². The van der Waals surface area contributed by atoms with E-state index in [1.165, 1.54) is 49.8 Å². The summed E-state index contributed by atoms with van der Waals surface area (Å²) in [5.41, 5.74) is 0. The lowest BCUT2D eigenvalue weighted by Crippen LogP contribution is -2.40. The molecule has 0 bridgehead atoms. The molecule has 1 heterocycles. The number of nitrogens with zero attached hydrogens (tertiary/aromatic N) is 2. The number of carbonyl (C=O) groups is 4. The number of hydrogen-bond donors (Lipinski definition) is 1. The minimum Gasteiger partial charge on any atom is -0.480 e. The summed E-state index contributed by atoms with van der Waals surface area (Å²) in [5, 5.41) is 9.50. The monoisotopic (exact) mass is 512 g/mol. The van der Waals surface area contributed by atoms with Gasteiger partial charge in [0.15, 0.2) is 0 Å². The lowest BCUT2D eigenvalue weighted by Gasteiger charge is -2.21. The summed E-state index contributed by atoms with van der Waals surface area (Å²) in [5.74, 6) is -2.04. The summed E-state index contributed by atoms with van der Waals surface area (Å²) in [4.78, 5) is 51.3. The molecule has 36 heavy (non-hydrogen) atoms. The third kappa shape index (κ3) is 14.4. The first-order valence-electron chi connectivity index (χ1n) is 13.8. The maximum Gasteiger partial charge on any atom is 0.326 e. The topological polar surface area (TPSA) is 113 Å². The van der Waals surface area contributed by atoms with Gasteiger partial charge in [-0.1, -0.05) is 58.3 Å². The summed E-state index contributed by atoms with van der Waals surface area (Å²) in [6, 6.07) is -0.995. The molecule has 0 radical (unpaired) electrons. The van der Waals surface area contributed by atoms with Crippen LogP contribution in [0.4, 0.5) is 0 Å². The molecule has 0 saturated carbocycles. The Morgan fingerprint density at radius 1 is 0.833 bits per heavy atom. The Bertz CT molecular complexity index is 669. The highest BCUT2D eigenvalue weighted by atomic mass is 16.5. The molecule has 0 aromatic carbocycles. The molecule has 1 N–H and O–H groups in total. The quantitative estimate of drug-likeness (QED) is 0.191. The minimum atomic E-state index is -1.10. The summed E-state index contributed by atoms with van der Waals surface area (Å²) in [7, 11) is 3.70. The van der Waals surface area contributed by atoms with E-state index in [2.05, 4.69) is 6.92 Å². The summed E-state index contributed by atoms with van der Waals surface area (Å²) in [6.45, 7) is 3.29. The lowest BCUT2D eigenvalue weighted by molar-refractivity contribution is -0.149. The maximum atomic E-state index is 12.6. The van der Waals surface area contributed by atoms with Crippen molar-refractivity contribution in [2.45, 2.75) is 115 Å². The Hall–Kier alpha value is -2.16. The van der Waals surface area contributed by atoms with Crippen LogP contribution in [-0.2, 0) is 28.7 Å². The van der Waals surface area contributed by atoms with Crippen LogP contribution in [0.25, 0.3) is 0 Å². The van der Waals surface area contributed by atoms with E-state index in [4.69, 9.17) is 9.47 Å². The number of carboxylic acids is 1. The number of carboxylic acid groups (broad SMARTS) is 1. The molecule has 2 atom stereocenters. The van der Waals surface area contributed by atoms with Crippen LogP contribution in [0, 0.1) is 0 Å². The minimum absolute atomic E-state index is 0.0876. The Morgan fingerprint density at radius 3 is 2.06 bits per heavy atom. The van der Waals surface area contributed by atoms with Gasteiger partial charge in [-0.3, -0.25) is 14.4 Å². The Kier molecular flexibility index (Phi) is 16.8. The number of amides is 1. The van der Waals surface area contributed by atoms with Crippen molar-refractivity contribution >= 4 is 23.8 Å². The molecule has 0 aromatic heterocycles. The van der Waals surface area contributed by atoms with Crippen LogP contribution in [0.3, 0.4) is 0 Å². The van der Waals surface area contributed by atoms with Crippen LogP contribution >= 0.6 is 0 Å². The van der Waals surface area contributed by atoms with E-state index in [9.17, 15) is 24.3 Å². The highest BCUT2D eigenvalue weighted by molar-refractivity contribution is 5.84. The molecule has 1 aliphatic rings. The fraction of sp³-hybridized carbons (Fsp3) is 0.852. The van der Waals surface area contributed by atoms with Gasteiger partial charge in [-0.15, -0.1) is 0 Å². The normalized spacial score (nSPS) is 17.4. The van der Waals surface area contributed by atoms with Crippen LogP contribution in [-0.4, -0.2) is 84.7 Å². The number of aliphatic carboxylic acids is 1. The molecule has 0 aliphatic carbocycles. The van der Waals surface area contributed by atoms with Gasteiger partial charge in [0, 0.05) is 25.8 Å². The van der Waals surface area contributed by atoms with Crippen molar-refractivity contribution in [2.24, 2.45) is 0 Å². The maximum absolute atomic E-state index is 12.6. The van der Waals surface area contributed by atoms with E-state index in [1.54, 1.807) is 0 Å². The predicted octanol–water partition coefficient (Wildman–Crippen LogP) is 4.17. The first-order chi connectivity index (χ1) is 17.2. The lowest BCUT2D eigenvalue weighted by atomic mass is 10.1. The molecule has 1 amide bonds. The molecule has 1 rings (SSSR count). The average molecular weight is 513 g/mol. The Labute approximate surface area is 216 Å². The van der Waals surface area contributed by atoms with Crippen molar-refractivity contribution in [2.75, 3.05) is 33.8 Å². The number of rotatable bonds is 20. The zero-order chi connectivity index (χ0) is 26.8. The van der Waals surface area contributed by atoms with Crippen molar-refractivity contribution in [1.29, 1.82) is 0 Å². The van der Waals surface area contributed by atoms with Gasteiger partial charge in [-0.2, -0.15) is 0 Å². The molecule has 1 fully saturated rings. The fourth-order valence-electron chi connectivity index (χ4n) is 4.31. The number of hydrogen-bond acceptors (Lipinski definition) is 7. The van der Waals surface area contributed by atoms with E-state index in [1.807, 2.05) is 19.0 Å². The Morgan fingerprint density at radius 2 is 1.44 bits per heavy atom. The van der Waals surface area contributed by atoms with Gasteiger partial charge in [-0.05, 0) is 33.4 Å². The first-order valence-corrected chi connectivity index (χ1v) is 13.8. The van der Waals surface area contributed by atoms with Crippen molar-refractivity contribution in [1.82, 2.24) is 9.80 Å². The molecule has 0 aromatic rings. The Balaban J connectivity index is 2.18. The molecule has 0 spiro atoms. The van der Waals surface area contributed by atoms with Crippen molar-refractivity contribution in [3.05, 3.63) is 0 Å². The fourth-order valence-corrected chi connectivity index (χ4v) is 4.31. The van der Waals surface area contributed by atoms with Crippen LogP contribution in [0.15, 0.2) is 0 Å². The molecule has 1 unspecified atom stereocenters. The SMILES string of the molecule is CCCCCCCCCCCOC(=O)CCCCC(=O)N1CC(OC(=O)CCN(C)C)C[C@H]1C(=O)O. The first kappa shape index (κ1) is 31.9. The standard InChI is InChI=1S/C27H48N2O7/c1-4-5-6-7-8-9-10-11-14-19-35-25(31)16-13-12-15-24(30)29-21-22(20-23(29)27(33)34)36-26(32)17-18-28(2)3/h22-23H,4-21H2,1-3H3,(H,33,34)/t22?,23-/m0/s1. The largest absolute Gasteiger partial charge is 0.480 e. The molecule has 9 heteroatoms. The molecular formula is C27H48N2O7. The highest BCUT2D eigenvalue weighted by Gasteiger charge is 2.41. The third-order valence-electron chi connectivity index (χ3n) is 6.46. The third-order valence-corrected chi connectivity index (χ3v) is 6.46. The van der Waals surface area contributed by atoms with Crippen LogP contribution in [0.2, 0.25) is 0 Å². The van der Waals surface area contributed by atoms with Gasteiger partial charge in [0.25, 0.3) is 0 Å². The van der Waals surface area contributed by atoms with Crippen LogP contribution < -0.4 is 0 Å². The zero-order valence-corrected chi connectivity index (χ0v) is 22.7. The molecular weight excluding hydrogens is 464 g/mol. The summed E-state index contributed by atoms with van der Waals surface area (Å²) in [6.07, 6.45) is 12.0. The molecule has 1 aliphatic heterocycles. The number of esters is 2. The zero-order valence-electron chi connectivity index (χ0n) is 22.7. The number of likely N-dealkylation sites (tertiary alicyclic amines) is 1. The van der Waals surface area contributed by atoms with E-state index in [-0.39, 0.29) is 44.1 Å². The van der Waals surface area contributed by atoms with E-state index in [0.717, 1.165) is 12.8 Å².